The molecule has 3 N–H and O–H groups in total. The second-order valence-corrected chi connectivity index (χ2v) is 6.30. The zero-order chi connectivity index (χ0) is 17.6. The Bertz CT molecular complexity index is 687. The SMILES string of the molecule is CCc1ccc(Cc2ccc3c(c2)C(OC(CO)CON)OC3)cc1. The van der Waals surface area contributed by atoms with Gasteiger partial charge in [-0.1, -0.05) is 49.4 Å². The van der Waals surface area contributed by atoms with Gasteiger partial charge in [0.25, 0.3) is 0 Å². The van der Waals surface area contributed by atoms with Crippen LogP contribution in [0.15, 0.2) is 42.5 Å². The van der Waals surface area contributed by atoms with Crippen molar-refractivity contribution in [3.63, 3.8) is 0 Å². The number of aryl methyl sites for hydroxylation is 1. The lowest BCUT2D eigenvalue weighted by atomic mass is 9.99. The van der Waals surface area contributed by atoms with Crippen molar-refractivity contribution in [1.29, 1.82) is 0 Å². The van der Waals surface area contributed by atoms with E-state index in [4.69, 9.17) is 15.4 Å². The topological polar surface area (TPSA) is 73.9 Å². The number of nitrogens with two attached hydrogens (primary N) is 1. The third-order valence-corrected chi connectivity index (χ3v) is 4.50. The molecule has 0 radical (unpaired) electrons. The van der Waals surface area contributed by atoms with Gasteiger partial charge in [0.15, 0.2) is 6.29 Å². The van der Waals surface area contributed by atoms with Crippen molar-refractivity contribution in [1.82, 2.24) is 0 Å². The number of hydrogen-bond donors (Lipinski definition) is 2. The summed E-state index contributed by atoms with van der Waals surface area (Å²) in [5, 5.41) is 9.34. The highest BCUT2D eigenvalue weighted by atomic mass is 16.7. The van der Waals surface area contributed by atoms with E-state index >= 15 is 0 Å². The van der Waals surface area contributed by atoms with Crippen LogP contribution in [-0.4, -0.2) is 24.4 Å². The smallest absolute Gasteiger partial charge is 0.185 e. The van der Waals surface area contributed by atoms with Crippen LogP contribution in [0.25, 0.3) is 0 Å². The first kappa shape index (κ1) is 18.0. The molecular weight excluding hydrogens is 318 g/mol. The van der Waals surface area contributed by atoms with Gasteiger partial charge >= 0.3 is 0 Å². The lowest BCUT2D eigenvalue weighted by Gasteiger charge is -2.20. The lowest BCUT2D eigenvalue weighted by Crippen LogP contribution is -2.27. The number of hydrogen-bond acceptors (Lipinski definition) is 5. The van der Waals surface area contributed by atoms with Crippen LogP contribution in [0.4, 0.5) is 0 Å². The van der Waals surface area contributed by atoms with Gasteiger partial charge in [-0.3, -0.25) is 0 Å². The predicted octanol–water partition coefficient (Wildman–Crippen LogP) is 2.64. The van der Waals surface area contributed by atoms with Crippen molar-refractivity contribution in [3.05, 3.63) is 70.3 Å². The van der Waals surface area contributed by atoms with Gasteiger partial charge in [0.2, 0.25) is 0 Å². The van der Waals surface area contributed by atoms with Crippen LogP contribution in [0.2, 0.25) is 0 Å². The Morgan fingerprint density at radius 2 is 1.88 bits per heavy atom. The fourth-order valence-electron chi connectivity index (χ4n) is 3.02. The summed E-state index contributed by atoms with van der Waals surface area (Å²) in [6.07, 6.45) is 0.906. The molecule has 0 amide bonds. The normalized spacial score (nSPS) is 17.5. The van der Waals surface area contributed by atoms with Gasteiger partial charge in [0.05, 0.1) is 19.8 Å². The molecule has 2 atom stereocenters. The van der Waals surface area contributed by atoms with Crippen LogP contribution in [0.3, 0.4) is 0 Å². The van der Waals surface area contributed by atoms with Crippen molar-refractivity contribution in [2.24, 2.45) is 5.90 Å². The van der Waals surface area contributed by atoms with Crippen molar-refractivity contribution < 1.29 is 19.4 Å². The highest BCUT2D eigenvalue weighted by Gasteiger charge is 2.27. The third-order valence-electron chi connectivity index (χ3n) is 4.50. The molecule has 3 rings (SSSR count). The second-order valence-electron chi connectivity index (χ2n) is 6.30. The minimum absolute atomic E-state index is 0.120. The molecule has 2 aromatic carbocycles. The lowest BCUT2D eigenvalue weighted by molar-refractivity contribution is -0.188. The molecule has 1 aliphatic heterocycles. The van der Waals surface area contributed by atoms with Crippen LogP contribution in [0.1, 0.15) is 41.0 Å². The Labute approximate surface area is 148 Å². The molecule has 0 aromatic heterocycles. The third kappa shape index (κ3) is 4.45. The fourth-order valence-corrected chi connectivity index (χ4v) is 3.02. The van der Waals surface area contributed by atoms with Gasteiger partial charge < -0.3 is 19.4 Å². The van der Waals surface area contributed by atoms with E-state index in [1.165, 1.54) is 16.7 Å². The summed E-state index contributed by atoms with van der Waals surface area (Å²) >= 11 is 0. The molecule has 0 saturated carbocycles. The highest BCUT2D eigenvalue weighted by Crippen LogP contribution is 2.33. The number of ether oxygens (including phenoxy) is 2. The van der Waals surface area contributed by atoms with E-state index in [9.17, 15) is 5.11 Å². The standard InChI is InChI=1S/C20H25NO4/c1-2-14-3-5-15(6-4-14)9-16-7-8-17-12-23-20(19(17)10-16)25-18(11-22)13-24-21/h3-8,10,18,20,22H,2,9,11-13,21H2,1H3. The molecule has 0 bridgehead atoms. The Kier molecular flexibility index (Phi) is 6.18. The summed E-state index contributed by atoms with van der Waals surface area (Å²) in [5.74, 6) is 5.07. The van der Waals surface area contributed by atoms with Crippen molar-refractivity contribution >= 4 is 0 Å². The first-order valence-electron chi connectivity index (χ1n) is 8.62. The van der Waals surface area contributed by atoms with Crippen LogP contribution in [-0.2, 0) is 33.8 Å². The molecule has 5 heteroatoms. The van der Waals surface area contributed by atoms with Crippen LogP contribution < -0.4 is 5.90 Å². The van der Waals surface area contributed by atoms with Gasteiger partial charge in [-0.05, 0) is 35.1 Å². The minimum Gasteiger partial charge on any atom is -0.394 e. The number of rotatable bonds is 8. The quantitative estimate of drug-likeness (QED) is 0.721. The zero-order valence-electron chi connectivity index (χ0n) is 14.5. The molecule has 5 nitrogen and oxygen atoms in total. The van der Waals surface area contributed by atoms with Crippen LogP contribution >= 0.6 is 0 Å². The summed E-state index contributed by atoms with van der Waals surface area (Å²) in [6.45, 7) is 2.61. The van der Waals surface area contributed by atoms with Gasteiger partial charge in [0.1, 0.15) is 6.10 Å². The van der Waals surface area contributed by atoms with E-state index in [0.717, 1.165) is 24.0 Å². The first-order valence-corrected chi connectivity index (χ1v) is 8.62. The molecule has 2 aromatic rings. The van der Waals surface area contributed by atoms with Crippen molar-refractivity contribution in [2.75, 3.05) is 13.2 Å². The molecule has 134 valence electrons. The fraction of sp³-hybridized carbons (Fsp3) is 0.400. The maximum Gasteiger partial charge on any atom is 0.185 e. The summed E-state index contributed by atoms with van der Waals surface area (Å²) in [5.41, 5.74) is 5.95. The highest BCUT2D eigenvalue weighted by molar-refractivity contribution is 5.37. The summed E-state index contributed by atoms with van der Waals surface area (Å²) in [4.78, 5) is 4.57. The molecule has 1 aliphatic rings. The maximum atomic E-state index is 9.34. The van der Waals surface area contributed by atoms with E-state index < -0.39 is 12.4 Å². The van der Waals surface area contributed by atoms with E-state index in [2.05, 4.69) is 54.2 Å². The number of benzene rings is 2. The zero-order valence-corrected chi connectivity index (χ0v) is 14.5. The Hall–Kier alpha value is -1.76. The van der Waals surface area contributed by atoms with Gasteiger partial charge in [-0.25, -0.2) is 5.90 Å². The van der Waals surface area contributed by atoms with Crippen molar-refractivity contribution in [3.8, 4) is 0 Å². The molecule has 25 heavy (non-hydrogen) atoms. The van der Waals surface area contributed by atoms with Crippen molar-refractivity contribution in [2.45, 2.75) is 38.8 Å². The molecule has 1 heterocycles. The largest absolute Gasteiger partial charge is 0.394 e. The van der Waals surface area contributed by atoms with E-state index in [0.29, 0.717) is 6.61 Å². The number of aliphatic hydroxyl groups is 1. The van der Waals surface area contributed by atoms with E-state index in [-0.39, 0.29) is 13.2 Å². The predicted molar refractivity (Wildman–Crippen MR) is 94.7 cm³/mol. The summed E-state index contributed by atoms with van der Waals surface area (Å²) in [7, 11) is 0. The first-order chi connectivity index (χ1) is 12.2. The number of aliphatic hydroxyl groups excluding tert-OH is 1. The Morgan fingerprint density at radius 1 is 1.16 bits per heavy atom. The van der Waals surface area contributed by atoms with E-state index in [1.54, 1.807) is 0 Å². The molecule has 0 fully saturated rings. The second kappa shape index (κ2) is 8.56. The Morgan fingerprint density at radius 3 is 2.56 bits per heavy atom. The van der Waals surface area contributed by atoms with Crippen LogP contribution in [0, 0.1) is 0 Å². The average molecular weight is 343 g/mol. The Balaban J connectivity index is 1.72. The van der Waals surface area contributed by atoms with E-state index in [1.807, 2.05) is 0 Å². The monoisotopic (exact) mass is 343 g/mol. The summed E-state index contributed by atoms with van der Waals surface area (Å²) < 4.78 is 11.5. The number of fused-ring (bicyclic) bond motifs is 1. The molecule has 0 aliphatic carbocycles. The molecular formula is C20H25NO4. The molecule has 0 saturated heterocycles. The van der Waals surface area contributed by atoms with Crippen LogP contribution in [0.5, 0.6) is 0 Å². The molecule has 0 spiro atoms. The average Bonchev–Trinajstić information content (AvgIpc) is 3.04. The molecule has 2 unspecified atom stereocenters. The van der Waals surface area contributed by atoms with Gasteiger partial charge in [-0.2, -0.15) is 0 Å². The maximum absolute atomic E-state index is 9.34. The van der Waals surface area contributed by atoms with Gasteiger partial charge in [-0.15, -0.1) is 0 Å². The summed E-state index contributed by atoms with van der Waals surface area (Å²) in [6, 6.07) is 15.0. The van der Waals surface area contributed by atoms with Gasteiger partial charge in [0, 0.05) is 5.56 Å². The minimum atomic E-state index is -0.508.